The van der Waals surface area contributed by atoms with Gasteiger partial charge in [-0.15, -0.1) is 12.4 Å². The molecule has 1 aliphatic carbocycles. The topological polar surface area (TPSA) is 84.9 Å². The zero-order valence-electron chi connectivity index (χ0n) is 11.0. The number of aliphatic hydroxyl groups excluding tert-OH is 1. The first-order valence-corrected chi connectivity index (χ1v) is 5.97. The molecule has 0 spiro atoms. The van der Waals surface area contributed by atoms with Gasteiger partial charge in [0.2, 0.25) is 5.75 Å². The minimum atomic E-state index is -0.566. The number of hydrogen-bond acceptors (Lipinski definition) is 5. The molecular formula is C13H20ClNO4. The number of aliphatic hydroxyl groups is 1. The van der Waals surface area contributed by atoms with Gasteiger partial charge >= 0.3 is 0 Å². The van der Waals surface area contributed by atoms with Crippen molar-refractivity contribution in [2.75, 3.05) is 14.2 Å². The molecule has 2 atom stereocenters. The third-order valence-corrected chi connectivity index (χ3v) is 3.36. The van der Waals surface area contributed by atoms with Crippen LogP contribution in [0.25, 0.3) is 0 Å². The number of phenolic OH excluding ortho intramolecular Hbond substituents is 1. The molecule has 0 radical (unpaired) electrons. The first kappa shape index (κ1) is 15.9. The number of methoxy groups -OCH3 is 2. The number of halogens is 1. The summed E-state index contributed by atoms with van der Waals surface area (Å²) < 4.78 is 10.1. The molecular weight excluding hydrogens is 270 g/mol. The summed E-state index contributed by atoms with van der Waals surface area (Å²) in [7, 11) is 2.92. The van der Waals surface area contributed by atoms with Crippen LogP contribution in [0.5, 0.6) is 17.2 Å². The van der Waals surface area contributed by atoms with E-state index in [9.17, 15) is 10.2 Å². The quantitative estimate of drug-likeness (QED) is 0.767. The molecule has 108 valence electrons. The smallest absolute Gasteiger partial charge is 0.200 e. The molecule has 1 fully saturated rings. The van der Waals surface area contributed by atoms with Crippen molar-refractivity contribution in [3.63, 3.8) is 0 Å². The number of phenols is 1. The molecule has 0 saturated heterocycles. The summed E-state index contributed by atoms with van der Waals surface area (Å²) in [5, 5.41) is 19.8. The van der Waals surface area contributed by atoms with Crippen LogP contribution in [0.4, 0.5) is 0 Å². The fraction of sp³-hybridized carbons (Fsp3) is 0.538. The van der Waals surface area contributed by atoms with Crippen molar-refractivity contribution in [2.24, 2.45) is 11.7 Å². The maximum atomic E-state index is 10.0. The Morgan fingerprint density at radius 3 is 2.05 bits per heavy atom. The molecule has 6 heteroatoms. The van der Waals surface area contributed by atoms with Crippen molar-refractivity contribution in [2.45, 2.75) is 25.0 Å². The Morgan fingerprint density at radius 2 is 1.68 bits per heavy atom. The fourth-order valence-corrected chi connectivity index (χ4v) is 2.03. The highest BCUT2D eigenvalue weighted by Crippen LogP contribution is 2.42. The monoisotopic (exact) mass is 289 g/mol. The average molecular weight is 290 g/mol. The Balaban J connectivity index is 0.00000180. The van der Waals surface area contributed by atoms with E-state index in [1.54, 1.807) is 12.1 Å². The molecule has 0 amide bonds. The van der Waals surface area contributed by atoms with E-state index in [0.29, 0.717) is 17.1 Å². The molecule has 0 bridgehead atoms. The second-order valence-corrected chi connectivity index (χ2v) is 4.63. The van der Waals surface area contributed by atoms with Gasteiger partial charge in [-0.05, 0) is 36.5 Å². The third kappa shape index (κ3) is 3.23. The number of rotatable bonds is 5. The van der Waals surface area contributed by atoms with Gasteiger partial charge in [0.25, 0.3) is 0 Å². The van der Waals surface area contributed by atoms with Crippen LogP contribution in [0, 0.1) is 5.92 Å². The Bertz CT molecular complexity index is 412. The molecule has 2 rings (SSSR count). The summed E-state index contributed by atoms with van der Waals surface area (Å²) in [6.45, 7) is 0. The number of benzene rings is 1. The van der Waals surface area contributed by atoms with Crippen LogP contribution in [0.1, 0.15) is 24.4 Å². The molecule has 0 unspecified atom stereocenters. The Labute approximate surface area is 118 Å². The largest absolute Gasteiger partial charge is 0.502 e. The highest BCUT2D eigenvalue weighted by atomic mass is 35.5. The van der Waals surface area contributed by atoms with Gasteiger partial charge in [0.15, 0.2) is 11.5 Å². The van der Waals surface area contributed by atoms with Gasteiger partial charge < -0.3 is 25.4 Å². The maximum absolute atomic E-state index is 10.0. The summed E-state index contributed by atoms with van der Waals surface area (Å²) >= 11 is 0. The maximum Gasteiger partial charge on any atom is 0.200 e. The van der Waals surface area contributed by atoms with Gasteiger partial charge in [0.1, 0.15) is 0 Å². The van der Waals surface area contributed by atoms with E-state index in [1.807, 2.05) is 0 Å². The van der Waals surface area contributed by atoms with Crippen molar-refractivity contribution in [1.29, 1.82) is 0 Å². The van der Waals surface area contributed by atoms with Gasteiger partial charge in [0, 0.05) is 0 Å². The lowest BCUT2D eigenvalue weighted by molar-refractivity contribution is 0.122. The molecule has 1 aromatic rings. The normalized spacial score (nSPS) is 17.3. The van der Waals surface area contributed by atoms with Gasteiger partial charge in [-0.3, -0.25) is 0 Å². The summed E-state index contributed by atoms with van der Waals surface area (Å²) in [5.41, 5.74) is 6.73. The van der Waals surface area contributed by atoms with Crippen molar-refractivity contribution in [1.82, 2.24) is 0 Å². The molecule has 1 aliphatic rings. The van der Waals surface area contributed by atoms with Crippen LogP contribution in [0.3, 0.4) is 0 Å². The van der Waals surface area contributed by atoms with Crippen LogP contribution in [0.2, 0.25) is 0 Å². The molecule has 0 heterocycles. The highest BCUT2D eigenvalue weighted by Gasteiger charge is 2.34. The third-order valence-electron chi connectivity index (χ3n) is 3.36. The first-order chi connectivity index (χ1) is 8.58. The Kier molecular flexibility index (Phi) is 5.29. The van der Waals surface area contributed by atoms with Crippen molar-refractivity contribution in [3.05, 3.63) is 17.7 Å². The molecule has 5 nitrogen and oxygen atoms in total. The summed E-state index contributed by atoms with van der Waals surface area (Å²) in [5.74, 6) is 0.813. The molecule has 0 aliphatic heterocycles. The van der Waals surface area contributed by atoms with E-state index in [4.69, 9.17) is 15.2 Å². The lowest BCUT2D eigenvalue weighted by atomic mass is 9.98. The first-order valence-electron chi connectivity index (χ1n) is 5.97. The molecule has 1 aromatic carbocycles. The standard InChI is InChI=1S/C13H19NO4.ClH/c1-17-9-5-8(6-10(18-2)13(9)16)11(14)12(15)7-3-4-7;/h5-7,11-12,15-16H,3-4,14H2,1-2H3;1H/t11-,12+;/m1./s1. The predicted octanol–water partition coefficient (Wildman–Crippen LogP) is 1.60. The van der Waals surface area contributed by atoms with E-state index in [-0.39, 0.29) is 24.1 Å². The zero-order chi connectivity index (χ0) is 13.3. The van der Waals surface area contributed by atoms with Crippen LogP contribution < -0.4 is 15.2 Å². The van der Waals surface area contributed by atoms with Crippen LogP contribution in [0.15, 0.2) is 12.1 Å². The van der Waals surface area contributed by atoms with Gasteiger partial charge in [-0.1, -0.05) is 0 Å². The predicted molar refractivity (Wildman–Crippen MR) is 74.1 cm³/mol. The molecule has 1 saturated carbocycles. The number of hydrogen-bond donors (Lipinski definition) is 3. The van der Waals surface area contributed by atoms with Gasteiger partial charge in [0.05, 0.1) is 26.4 Å². The number of nitrogens with two attached hydrogens (primary N) is 1. The lowest BCUT2D eigenvalue weighted by Crippen LogP contribution is -2.27. The number of ether oxygens (including phenoxy) is 2. The Hall–Kier alpha value is -1.17. The Morgan fingerprint density at radius 1 is 1.21 bits per heavy atom. The summed E-state index contributed by atoms with van der Waals surface area (Å²) in [4.78, 5) is 0. The SMILES string of the molecule is COc1cc([C@@H](N)[C@@H](O)C2CC2)cc(OC)c1O.Cl. The van der Waals surface area contributed by atoms with Gasteiger partial charge in [-0.25, -0.2) is 0 Å². The molecule has 4 N–H and O–H groups in total. The van der Waals surface area contributed by atoms with Crippen LogP contribution >= 0.6 is 12.4 Å². The van der Waals surface area contributed by atoms with Crippen molar-refractivity contribution >= 4 is 12.4 Å². The molecule has 19 heavy (non-hydrogen) atoms. The van der Waals surface area contributed by atoms with Crippen molar-refractivity contribution in [3.8, 4) is 17.2 Å². The molecule has 0 aromatic heterocycles. The minimum Gasteiger partial charge on any atom is -0.502 e. The summed E-state index contributed by atoms with van der Waals surface area (Å²) in [6.07, 6.45) is 1.46. The fourth-order valence-electron chi connectivity index (χ4n) is 2.03. The highest BCUT2D eigenvalue weighted by molar-refractivity contribution is 5.85. The second kappa shape index (κ2) is 6.32. The zero-order valence-corrected chi connectivity index (χ0v) is 11.8. The van der Waals surface area contributed by atoms with Crippen LogP contribution in [-0.2, 0) is 0 Å². The summed E-state index contributed by atoms with van der Waals surface area (Å²) in [6, 6.07) is 2.77. The van der Waals surface area contributed by atoms with E-state index in [2.05, 4.69) is 0 Å². The van der Waals surface area contributed by atoms with Crippen LogP contribution in [-0.4, -0.2) is 30.5 Å². The van der Waals surface area contributed by atoms with E-state index >= 15 is 0 Å². The van der Waals surface area contributed by atoms with Gasteiger partial charge in [-0.2, -0.15) is 0 Å². The van der Waals surface area contributed by atoms with Crippen molar-refractivity contribution < 1.29 is 19.7 Å². The second-order valence-electron chi connectivity index (χ2n) is 4.63. The average Bonchev–Trinajstić information content (AvgIpc) is 3.21. The van der Waals surface area contributed by atoms with E-state index < -0.39 is 12.1 Å². The minimum absolute atomic E-state index is 0. The van der Waals surface area contributed by atoms with E-state index in [0.717, 1.165) is 12.8 Å². The number of aromatic hydroxyl groups is 1. The van der Waals surface area contributed by atoms with E-state index in [1.165, 1.54) is 14.2 Å². The lowest BCUT2D eigenvalue weighted by Gasteiger charge is -2.20.